The Morgan fingerprint density at radius 3 is 2.09 bits per heavy atom. The molecule has 4 aromatic carbocycles. The summed E-state index contributed by atoms with van der Waals surface area (Å²) in [4.78, 5) is 29.9. The zero-order valence-electron chi connectivity index (χ0n) is 26.3. The Labute approximate surface area is 271 Å². The molecule has 1 N–H and O–H groups in total. The molecule has 0 saturated carbocycles. The van der Waals surface area contributed by atoms with Gasteiger partial charge in [0.1, 0.15) is 12.6 Å². The second-order valence-electron chi connectivity index (χ2n) is 11.6. The first-order chi connectivity index (χ1) is 21.4. The molecule has 0 fully saturated rings. The number of nitrogens with zero attached hydrogens (tertiary/aromatic N) is 2. The molecule has 0 saturated heterocycles. The smallest absolute Gasteiger partial charge is 0.264 e. The summed E-state index contributed by atoms with van der Waals surface area (Å²) in [5.41, 5.74) is 4.35. The monoisotopic (exact) mass is 645 g/mol. The molecule has 4 aromatic rings. The summed E-state index contributed by atoms with van der Waals surface area (Å²) < 4.78 is 29.7. The average Bonchev–Trinajstić information content (AvgIpc) is 3.00. The van der Waals surface area contributed by atoms with Crippen molar-refractivity contribution in [1.29, 1.82) is 0 Å². The number of nitrogens with one attached hydrogen (secondary N) is 1. The van der Waals surface area contributed by atoms with Crippen LogP contribution in [0.5, 0.6) is 0 Å². The van der Waals surface area contributed by atoms with Crippen LogP contribution in [-0.4, -0.2) is 43.8 Å². The van der Waals surface area contributed by atoms with Crippen LogP contribution < -0.4 is 9.62 Å². The van der Waals surface area contributed by atoms with E-state index in [9.17, 15) is 18.0 Å². The Balaban J connectivity index is 1.84. The Hall–Kier alpha value is -4.14. The molecule has 236 valence electrons. The summed E-state index contributed by atoms with van der Waals surface area (Å²) in [5, 5.41) is 3.41. The number of amides is 2. The molecule has 1 atom stereocenters. The standard InChI is InChI=1S/C36H40ClN3O4S/c1-25(2)38-36(42)34(22-29-11-7-6-8-12-29)39(23-30-13-9-10-14-32(30)37)35(41)24-40(33-21-27(4)15-18-28(33)5)45(43,44)31-19-16-26(3)17-20-31/h6-21,25,34H,22-24H2,1-5H3,(H,38,42)/t34-/m0/s1. The largest absolute Gasteiger partial charge is 0.352 e. The highest BCUT2D eigenvalue weighted by Gasteiger charge is 2.35. The fraction of sp³-hybridized carbons (Fsp3) is 0.278. The molecule has 2 amide bonds. The van der Waals surface area contributed by atoms with Crippen molar-refractivity contribution in [2.24, 2.45) is 0 Å². The second-order valence-corrected chi connectivity index (χ2v) is 13.9. The van der Waals surface area contributed by atoms with Gasteiger partial charge in [0.05, 0.1) is 10.6 Å². The summed E-state index contributed by atoms with van der Waals surface area (Å²) in [5.74, 6) is -0.875. The van der Waals surface area contributed by atoms with Crippen LogP contribution in [0.25, 0.3) is 0 Å². The number of aryl methyl sites for hydroxylation is 3. The van der Waals surface area contributed by atoms with E-state index in [2.05, 4.69) is 5.32 Å². The van der Waals surface area contributed by atoms with Gasteiger partial charge in [-0.25, -0.2) is 8.42 Å². The topological polar surface area (TPSA) is 86.8 Å². The summed E-state index contributed by atoms with van der Waals surface area (Å²) in [7, 11) is -4.18. The minimum Gasteiger partial charge on any atom is -0.352 e. The van der Waals surface area contributed by atoms with Crippen molar-refractivity contribution in [3.05, 3.63) is 130 Å². The van der Waals surface area contributed by atoms with Crippen molar-refractivity contribution >= 4 is 39.1 Å². The lowest BCUT2D eigenvalue weighted by atomic mass is 10.0. The molecule has 0 unspecified atom stereocenters. The van der Waals surface area contributed by atoms with Crippen LogP contribution in [0.4, 0.5) is 5.69 Å². The van der Waals surface area contributed by atoms with Gasteiger partial charge in [-0.3, -0.25) is 13.9 Å². The molecule has 7 nitrogen and oxygen atoms in total. The molecular formula is C36H40ClN3O4S. The van der Waals surface area contributed by atoms with Crippen LogP contribution in [0.15, 0.2) is 102 Å². The van der Waals surface area contributed by atoms with E-state index in [0.29, 0.717) is 21.8 Å². The van der Waals surface area contributed by atoms with Crippen LogP contribution in [0.2, 0.25) is 5.02 Å². The maximum atomic E-state index is 14.6. The van der Waals surface area contributed by atoms with E-state index in [1.165, 1.54) is 4.90 Å². The first-order valence-electron chi connectivity index (χ1n) is 14.9. The fourth-order valence-electron chi connectivity index (χ4n) is 5.08. The zero-order chi connectivity index (χ0) is 32.7. The van der Waals surface area contributed by atoms with Gasteiger partial charge in [0.25, 0.3) is 10.0 Å². The van der Waals surface area contributed by atoms with Gasteiger partial charge in [-0.1, -0.05) is 90.0 Å². The van der Waals surface area contributed by atoms with Gasteiger partial charge in [-0.2, -0.15) is 0 Å². The summed E-state index contributed by atoms with van der Waals surface area (Å²) >= 11 is 6.56. The number of sulfonamides is 1. The molecule has 0 aliphatic heterocycles. The number of rotatable bonds is 12. The highest BCUT2D eigenvalue weighted by atomic mass is 35.5. The third kappa shape index (κ3) is 8.53. The van der Waals surface area contributed by atoms with Gasteiger partial charge in [-0.05, 0) is 81.1 Å². The van der Waals surface area contributed by atoms with Gasteiger partial charge >= 0.3 is 0 Å². The lowest BCUT2D eigenvalue weighted by Gasteiger charge is -2.34. The fourth-order valence-corrected chi connectivity index (χ4v) is 6.75. The number of hydrogen-bond acceptors (Lipinski definition) is 4. The van der Waals surface area contributed by atoms with E-state index in [0.717, 1.165) is 21.0 Å². The number of halogens is 1. The molecule has 0 aromatic heterocycles. The van der Waals surface area contributed by atoms with Crippen molar-refractivity contribution in [1.82, 2.24) is 10.2 Å². The molecule has 0 aliphatic rings. The number of benzene rings is 4. The lowest BCUT2D eigenvalue weighted by Crippen LogP contribution is -2.54. The molecule has 0 bridgehead atoms. The number of carbonyl (C=O) groups is 2. The first-order valence-corrected chi connectivity index (χ1v) is 16.7. The van der Waals surface area contributed by atoms with Gasteiger partial charge in [0.15, 0.2) is 0 Å². The van der Waals surface area contributed by atoms with E-state index < -0.39 is 28.5 Å². The van der Waals surface area contributed by atoms with E-state index >= 15 is 0 Å². The Kier molecular flexibility index (Phi) is 11.1. The normalized spacial score (nSPS) is 12.1. The second kappa shape index (κ2) is 14.8. The molecular weight excluding hydrogens is 606 g/mol. The maximum Gasteiger partial charge on any atom is 0.264 e. The molecule has 0 radical (unpaired) electrons. The molecule has 0 spiro atoms. The van der Waals surface area contributed by atoms with Gasteiger partial charge in [0, 0.05) is 24.0 Å². The maximum absolute atomic E-state index is 14.6. The first kappa shape index (κ1) is 33.7. The van der Waals surface area contributed by atoms with E-state index in [1.807, 2.05) is 83.1 Å². The highest BCUT2D eigenvalue weighted by molar-refractivity contribution is 7.92. The van der Waals surface area contributed by atoms with Crippen LogP contribution >= 0.6 is 11.6 Å². The van der Waals surface area contributed by atoms with Crippen molar-refractivity contribution < 1.29 is 18.0 Å². The Morgan fingerprint density at radius 1 is 0.822 bits per heavy atom. The summed E-state index contributed by atoms with van der Waals surface area (Å²) in [6, 6.07) is 27.5. The van der Waals surface area contributed by atoms with Crippen molar-refractivity contribution in [2.45, 2.75) is 64.6 Å². The number of carbonyl (C=O) groups excluding carboxylic acids is 2. The highest BCUT2D eigenvalue weighted by Crippen LogP contribution is 2.29. The molecule has 0 heterocycles. The summed E-state index contributed by atoms with van der Waals surface area (Å²) in [6.45, 7) is 8.76. The van der Waals surface area contributed by atoms with Crippen LogP contribution in [-0.2, 0) is 32.6 Å². The van der Waals surface area contributed by atoms with Crippen LogP contribution in [0, 0.1) is 20.8 Å². The van der Waals surface area contributed by atoms with E-state index in [1.54, 1.807) is 48.5 Å². The third-order valence-electron chi connectivity index (χ3n) is 7.52. The zero-order valence-corrected chi connectivity index (χ0v) is 27.9. The number of hydrogen-bond donors (Lipinski definition) is 1. The SMILES string of the molecule is Cc1ccc(S(=O)(=O)N(CC(=O)N(Cc2ccccc2Cl)[C@@H](Cc2ccccc2)C(=O)NC(C)C)c2cc(C)ccc2C)cc1. The quantitative estimate of drug-likeness (QED) is 0.188. The summed E-state index contributed by atoms with van der Waals surface area (Å²) in [6.07, 6.45) is 0.226. The number of anilines is 1. The minimum absolute atomic E-state index is 0.00669. The third-order valence-corrected chi connectivity index (χ3v) is 9.66. The van der Waals surface area contributed by atoms with Crippen molar-refractivity contribution in [2.75, 3.05) is 10.8 Å². The molecule has 4 rings (SSSR count). The van der Waals surface area contributed by atoms with Crippen LogP contribution in [0.1, 0.15) is 41.7 Å². The van der Waals surface area contributed by atoms with Crippen molar-refractivity contribution in [3.8, 4) is 0 Å². The molecule has 9 heteroatoms. The van der Waals surface area contributed by atoms with Crippen LogP contribution in [0.3, 0.4) is 0 Å². The van der Waals surface area contributed by atoms with E-state index in [-0.39, 0.29) is 29.8 Å². The predicted octanol–water partition coefficient (Wildman–Crippen LogP) is 6.63. The average molecular weight is 646 g/mol. The predicted molar refractivity (Wildman–Crippen MR) is 181 cm³/mol. The van der Waals surface area contributed by atoms with Gasteiger partial charge in [0.2, 0.25) is 11.8 Å². The Morgan fingerprint density at radius 2 is 1.44 bits per heavy atom. The van der Waals surface area contributed by atoms with Crippen molar-refractivity contribution in [3.63, 3.8) is 0 Å². The molecule has 0 aliphatic carbocycles. The minimum atomic E-state index is -4.18. The van der Waals surface area contributed by atoms with Gasteiger partial charge in [-0.15, -0.1) is 0 Å². The molecule has 45 heavy (non-hydrogen) atoms. The van der Waals surface area contributed by atoms with Gasteiger partial charge < -0.3 is 10.2 Å². The Bertz CT molecular complexity index is 1740. The lowest BCUT2D eigenvalue weighted by molar-refractivity contribution is -0.140. The van der Waals surface area contributed by atoms with E-state index in [4.69, 9.17) is 11.6 Å².